The molecule has 0 aromatic heterocycles. The van der Waals surface area contributed by atoms with E-state index < -0.39 is 0 Å². The zero-order valence-corrected chi connectivity index (χ0v) is 15.5. The minimum atomic E-state index is -0.0378. The average Bonchev–Trinajstić information content (AvgIpc) is 2.63. The van der Waals surface area contributed by atoms with Crippen molar-refractivity contribution >= 4 is 17.5 Å². The van der Waals surface area contributed by atoms with Crippen molar-refractivity contribution in [1.29, 1.82) is 0 Å². The van der Waals surface area contributed by atoms with Crippen molar-refractivity contribution in [2.24, 2.45) is 0 Å². The number of likely N-dealkylation sites (tertiary alicyclic amines) is 1. The van der Waals surface area contributed by atoms with Crippen molar-refractivity contribution < 1.29 is 9.59 Å². The molecular formula is C19H30N4O2. The summed E-state index contributed by atoms with van der Waals surface area (Å²) in [7, 11) is 1.96. The highest BCUT2D eigenvalue weighted by atomic mass is 16.2. The van der Waals surface area contributed by atoms with Crippen molar-refractivity contribution in [3.05, 3.63) is 29.8 Å². The molecule has 1 fully saturated rings. The first-order valence-electron chi connectivity index (χ1n) is 9.16. The third kappa shape index (κ3) is 5.54. The van der Waals surface area contributed by atoms with Crippen molar-refractivity contribution in [2.75, 3.05) is 45.1 Å². The predicted molar refractivity (Wildman–Crippen MR) is 101 cm³/mol. The van der Waals surface area contributed by atoms with Crippen LogP contribution in [0.4, 0.5) is 5.69 Å². The molecule has 1 aromatic rings. The highest BCUT2D eigenvalue weighted by molar-refractivity contribution is 5.97. The van der Waals surface area contributed by atoms with E-state index in [1.165, 1.54) is 0 Å². The Morgan fingerprint density at radius 1 is 1.28 bits per heavy atom. The Hall–Kier alpha value is -1.92. The number of anilines is 1. The number of piperidine rings is 1. The van der Waals surface area contributed by atoms with Crippen LogP contribution in [0.15, 0.2) is 24.3 Å². The van der Waals surface area contributed by atoms with Crippen LogP contribution in [0.1, 0.15) is 37.0 Å². The van der Waals surface area contributed by atoms with Crippen molar-refractivity contribution in [2.45, 2.75) is 32.7 Å². The summed E-state index contributed by atoms with van der Waals surface area (Å²) in [5, 5.41) is 6.20. The standard InChI is InChI=1S/C19H30N4O2/c1-4-23(5-2)19(25)15-8-6-9-16(12-15)21-18(24)14-22-11-7-10-17(13-22)20-3/h6,8-9,12,17,20H,4-5,7,10-11,13-14H2,1-3H3,(H,21,24). The summed E-state index contributed by atoms with van der Waals surface area (Å²) in [5.74, 6) is -0.0433. The molecule has 0 spiro atoms. The molecular weight excluding hydrogens is 316 g/mol. The van der Waals surface area contributed by atoms with Gasteiger partial charge in [-0.15, -0.1) is 0 Å². The normalized spacial score (nSPS) is 18.0. The van der Waals surface area contributed by atoms with Crippen LogP contribution in [0.2, 0.25) is 0 Å². The number of amides is 2. The van der Waals surface area contributed by atoms with E-state index in [1.807, 2.05) is 33.0 Å². The number of rotatable bonds is 7. The third-order valence-electron chi connectivity index (χ3n) is 4.72. The molecule has 1 unspecified atom stereocenters. The van der Waals surface area contributed by atoms with E-state index in [9.17, 15) is 9.59 Å². The topological polar surface area (TPSA) is 64.7 Å². The minimum absolute atomic E-state index is 0.00556. The SMILES string of the molecule is CCN(CC)C(=O)c1cccc(NC(=O)CN2CCCC(NC)C2)c1. The van der Waals surface area contributed by atoms with E-state index >= 15 is 0 Å². The molecule has 25 heavy (non-hydrogen) atoms. The zero-order chi connectivity index (χ0) is 18.2. The summed E-state index contributed by atoms with van der Waals surface area (Å²) >= 11 is 0. The molecule has 1 aliphatic heterocycles. The molecule has 2 N–H and O–H groups in total. The second kappa shape index (κ2) is 9.53. The molecule has 0 saturated carbocycles. The molecule has 1 saturated heterocycles. The summed E-state index contributed by atoms with van der Waals surface area (Å²) < 4.78 is 0. The molecule has 1 atom stereocenters. The van der Waals surface area contributed by atoms with E-state index in [0.717, 1.165) is 25.9 Å². The molecule has 138 valence electrons. The first kappa shape index (κ1) is 19.4. The van der Waals surface area contributed by atoms with Gasteiger partial charge >= 0.3 is 0 Å². The number of likely N-dealkylation sites (N-methyl/N-ethyl adjacent to an activating group) is 1. The lowest BCUT2D eigenvalue weighted by atomic mass is 10.1. The van der Waals surface area contributed by atoms with Crippen LogP contribution in [-0.4, -0.2) is 67.4 Å². The Morgan fingerprint density at radius 2 is 2.04 bits per heavy atom. The van der Waals surface area contributed by atoms with E-state index in [-0.39, 0.29) is 11.8 Å². The van der Waals surface area contributed by atoms with Crippen LogP contribution < -0.4 is 10.6 Å². The van der Waals surface area contributed by atoms with Crippen molar-refractivity contribution in [3.8, 4) is 0 Å². The second-order valence-corrected chi connectivity index (χ2v) is 6.47. The molecule has 1 aliphatic rings. The summed E-state index contributed by atoms with van der Waals surface area (Å²) in [6.45, 7) is 7.50. The first-order chi connectivity index (χ1) is 12.1. The van der Waals surface area contributed by atoms with E-state index in [1.54, 1.807) is 17.0 Å². The Morgan fingerprint density at radius 3 is 2.72 bits per heavy atom. The summed E-state index contributed by atoms with van der Waals surface area (Å²) in [4.78, 5) is 28.7. The van der Waals surface area contributed by atoms with Gasteiger partial charge in [-0.2, -0.15) is 0 Å². The van der Waals surface area contributed by atoms with Crippen molar-refractivity contribution in [1.82, 2.24) is 15.1 Å². The van der Waals surface area contributed by atoms with Crippen molar-refractivity contribution in [3.63, 3.8) is 0 Å². The van der Waals surface area contributed by atoms with Gasteiger partial charge in [-0.1, -0.05) is 6.07 Å². The fourth-order valence-corrected chi connectivity index (χ4v) is 3.26. The van der Waals surface area contributed by atoms with Gasteiger partial charge in [0.15, 0.2) is 0 Å². The van der Waals surface area contributed by atoms with Gasteiger partial charge in [-0.25, -0.2) is 0 Å². The smallest absolute Gasteiger partial charge is 0.253 e. The number of carbonyl (C=O) groups is 2. The lowest BCUT2D eigenvalue weighted by Crippen LogP contribution is -2.46. The van der Waals surface area contributed by atoms with E-state index in [2.05, 4.69) is 15.5 Å². The van der Waals surface area contributed by atoms with Gasteiger partial charge in [0.25, 0.3) is 5.91 Å². The van der Waals surface area contributed by atoms with Gasteiger partial charge in [0.1, 0.15) is 0 Å². The first-order valence-corrected chi connectivity index (χ1v) is 9.16. The maximum absolute atomic E-state index is 12.4. The largest absolute Gasteiger partial charge is 0.339 e. The van der Waals surface area contributed by atoms with Crippen LogP contribution in [0.5, 0.6) is 0 Å². The molecule has 1 heterocycles. The maximum Gasteiger partial charge on any atom is 0.253 e. The van der Waals surface area contributed by atoms with Gasteiger partial charge < -0.3 is 15.5 Å². The number of hydrogen-bond acceptors (Lipinski definition) is 4. The van der Waals surface area contributed by atoms with E-state index in [4.69, 9.17) is 0 Å². The molecule has 1 aromatic carbocycles. The Balaban J connectivity index is 1.94. The number of nitrogens with zero attached hydrogens (tertiary/aromatic N) is 2. The highest BCUT2D eigenvalue weighted by Gasteiger charge is 2.20. The zero-order valence-electron chi connectivity index (χ0n) is 15.5. The van der Waals surface area contributed by atoms with Crippen LogP contribution in [0.25, 0.3) is 0 Å². The van der Waals surface area contributed by atoms with Crippen LogP contribution in [-0.2, 0) is 4.79 Å². The Bertz CT molecular complexity index is 587. The van der Waals surface area contributed by atoms with Crippen LogP contribution in [0, 0.1) is 0 Å². The molecule has 0 aliphatic carbocycles. The molecule has 0 radical (unpaired) electrons. The highest BCUT2D eigenvalue weighted by Crippen LogP contribution is 2.14. The van der Waals surface area contributed by atoms with Gasteiger partial charge in [0.2, 0.25) is 5.91 Å². The number of hydrogen-bond donors (Lipinski definition) is 2. The Labute approximate surface area is 150 Å². The van der Waals surface area contributed by atoms with Gasteiger partial charge in [0, 0.05) is 36.9 Å². The van der Waals surface area contributed by atoms with Gasteiger partial charge in [-0.3, -0.25) is 14.5 Å². The fraction of sp³-hybridized carbons (Fsp3) is 0.579. The summed E-state index contributed by atoms with van der Waals surface area (Å²) in [6.07, 6.45) is 2.26. The van der Waals surface area contributed by atoms with Crippen LogP contribution in [0.3, 0.4) is 0 Å². The Kier molecular flexibility index (Phi) is 7.40. The minimum Gasteiger partial charge on any atom is -0.339 e. The van der Waals surface area contributed by atoms with Crippen LogP contribution >= 0.6 is 0 Å². The lowest BCUT2D eigenvalue weighted by molar-refractivity contribution is -0.117. The van der Waals surface area contributed by atoms with E-state index in [0.29, 0.717) is 36.9 Å². The third-order valence-corrected chi connectivity index (χ3v) is 4.72. The summed E-state index contributed by atoms with van der Waals surface area (Å²) in [5.41, 5.74) is 1.28. The monoisotopic (exact) mass is 346 g/mol. The molecule has 0 bridgehead atoms. The lowest BCUT2D eigenvalue weighted by Gasteiger charge is -2.31. The summed E-state index contributed by atoms with van der Waals surface area (Å²) in [6, 6.07) is 7.63. The number of benzene rings is 1. The van der Waals surface area contributed by atoms with Gasteiger partial charge in [0.05, 0.1) is 6.54 Å². The number of nitrogens with one attached hydrogen (secondary N) is 2. The quantitative estimate of drug-likeness (QED) is 0.790. The fourth-order valence-electron chi connectivity index (χ4n) is 3.26. The molecule has 6 heteroatoms. The molecule has 2 rings (SSSR count). The number of carbonyl (C=O) groups excluding carboxylic acids is 2. The van der Waals surface area contributed by atoms with Gasteiger partial charge in [-0.05, 0) is 58.5 Å². The maximum atomic E-state index is 12.4. The molecule has 6 nitrogen and oxygen atoms in total. The molecule has 2 amide bonds. The second-order valence-electron chi connectivity index (χ2n) is 6.47. The predicted octanol–water partition coefficient (Wildman–Crippen LogP) is 1.79. The average molecular weight is 346 g/mol.